The van der Waals surface area contributed by atoms with E-state index in [-0.39, 0.29) is 11.3 Å². The van der Waals surface area contributed by atoms with Crippen LogP contribution >= 0.6 is 15.9 Å². The molecule has 0 amide bonds. The van der Waals surface area contributed by atoms with Crippen LogP contribution in [0.1, 0.15) is 16.1 Å². The summed E-state index contributed by atoms with van der Waals surface area (Å²) in [6.07, 6.45) is 0. The minimum absolute atomic E-state index is 0.0539. The molecule has 0 radical (unpaired) electrons. The van der Waals surface area contributed by atoms with Crippen LogP contribution in [0.4, 0.5) is 8.78 Å². The maximum atomic E-state index is 13.7. The molecule has 1 heterocycles. The van der Waals surface area contributed by atoms with Gasteiger partial charge in [-0.2, -0.15) is 0 Å². The second-order valence-corrected chi connectivity index (χ2v) is 5.30. The second kappa shape index (κ2) is 5.33. The predicted octanol–water partition coefficient (Wildman–Crippen LogP) is 4.51. The van der Waals surface area contributed by atoms with Gasteiger partial charge in [0.25, 0.3) is 0 Å². The van der Waals surface area contributed by atoms with Crippen molar-refractivity contribution < 1.29 is 13.6 Å². The molecule has 0 atom stereocenters. The SMILES string of the molecule is O=C(c1cccc(F)c1F)c1nc2ccccc2cc1Br. The Kier molecular flexibility index (Phi) is 3.51. The van der Waals surface area contributed by atoms with E-state index < -0.39 is 17.4 Å². The number of ketones is 1. The van der Waals surface area contributed by atoms with Gasteiger partial charge < -0.3 is 0 Å². The van der Waals surface area contributed by atoms with E-state index >= 15 is 0 Å². The number of fused-ring (bicyclic) bond motifs is 1. The summed E-state index contributed by atoms with van der Waals surface area (Å²) in [5.74, 6) is -2.88. The highest BCUT2D eigenvalue weighted by Crippen LogP contribution is 2.24. The first-order valence-corrected chi connectivity index (χ1v) is 6.91. The van der Waals surface area contributed by atoms with Crippen LogP contribution in [0.25, 0.3) is 10.9 Å². The normalized spacial score (nSPS) is 10.8. The molecule has 2 aromatic carbocycles. The number of hydrogen-bond acceptors (Lipinski definition) is 2. The molecule has 0 bridgehead atoms. The van der Waals surface area contributed by atoms with E-state index in [1.54, 1.807) is 18.2 Å². The van der Waals surface area contributed by atoms with Crippen molar-refractivity contribution in [1.29, 1.82) is 0 Å². The van der Waals surface area contributed by atoms with Crippen LogP contribution in [-0.4, -0.2) is 10.8 Å². The van der Waals surface area contributed by atoms with Gasteiger partial charge in [-0.3, -0.25) is 4.79 Å². The number of para-hydroxylation sites is 1. The predicted molar refractivity (Wildman–Crippen MR) is 79.2 cm³/mol. The highest BCUT2D eigenvalue weighted by Gasteiger charge is 2.20. The number of aromatic nitrogens is 1. The van der Waals surface area contributed by atoms with Gasteiger partial charge in [0.15, 0.2) is 11.6 Å². The van der Waals surface area contributed by atoms with Crippen LogP contribution in [0.3, 0.4) is 0 Å². The molecule has 0 fully saturated rings. The van der Waals surface area contributed by atoms with E-state index in [9.17, 15) is 13.6 Å². The average Bonchev–Trinajstić information content (AvgIpc) is 2.48. The van der Waals surface area contributed by atoms with Crippen molar-refractivity contribution >= 4 is 32.6 Å². The maximum Gasteiger partial charge on any atom is 0.215 e. The Morgan fingerprint density at radius 2 is 1.81 bits per heavy atom. The van der Waals surface area contributed by atoms with Crippen molar-refractivity contribution in [1.82, 2.24) is 4.98 Å². The lowest BCUT2D eigenvalue weighted by atomic mass is 10.1. The summed E-state index contributed by atoms with van der Waals surface area (Å²) in [4.78, 5) is 16.6. The van der Waals surface area contributed by atoms with E-state index in [1.807, 2.05) is 12.1 Å². The Bertz CT molecular complexity index is 864. The van der Waals surface area contributed by atoms with Crippen molar-refractivity contribution in [3.05, 3.63) is 75.9 Å². The Morgan fingerprint density at radius 1 is 1.05 bits per heavy atom. The molecule has 0 spiro atoms. The summed E-state index contributed by atoms with van der Waals surface area (Å²) in [6, 6.07) is 12.5. The third-order valence-corrected chi connectivity index (χ3v) is 3.69. The molecular weight excluding hydrogens is 340 g/mol. The molecule has 0 unspecified atom stereocenters. The Balaban J connectivity index is 2.17. The lowest BCUT2D eigenvalue weighted by Crippen LogP contribution is -2.09. The molecule has 0 aliphatic carbocycles. The molecule has 21 heavy (non-hydrogen) atoms. The zero-order valence-corrected chi connectivity index (χ0v) is 12.2. The van der Waals surface area contributed by atoms with E-state index in [2.05, 4.69) is 20.9 Å². The first kappa shape index (κ1) is 13.8. The fraction of sp³-hybridized carbons (Fsp3) is 0. The van der Waals surface area contributed by atoms with Crippen LogP contribution < -0.4 is 0 Å². The molecule has 0 aliphatic heterocycles. The Morgan fingerprint density at radius 3 is 2.62 bits per heavy atom. The Hall–Kier alpha value is -2.14. The van der Waals surface area contributed by atoms with Gasteiger partial charge in [-0.1, -0.05) is 24.3 Å². The van der Waals surface area contributed by atoms with Crippen molar-refractivity contribution in [3.8, 4) is 0 Å². The van der Waals surface area contributed by atoms with E-state index in [0.717, 1.165) is 11.5 Å². The van der Waals surface area contributed by atoms with Crippen LogP contribution in [0.2, 0.25) is 0 Å². The largest absolute Gasteiger partial charge is 0.287 e. The molecule has 5 heteroatoms. The molecule has 0 aliphatic rings. The summed E-state index contributed by atoms with van der Waals surface area (Å²) in [5.41, 5.74) is 0.331. The molecule has 3 rings (SSSR count). The monoisotopic (exact) mass is 347 g/mol. The fourth-order valence-corrected chi connectivity index (χ4v) is 2.57. The topological polar surface area (TPSA) is 30.0 Å². The molecule has 104 valence electrons. The fourth-order valence-electron chi connectivity index (χ4n) is 2.06. The van der Waals surface area contributed by atoms with Crippen LogP contribution in [0.5, 0.6) is 0 Å². The number of nitrogens with zero attached hydrogens (tertiary/aromatic N) is 1. The van der Waals surface area contributed by atoms with E-state index in [4.69, 9.17) is 0 Å². The highest BCUT2D eigenvalue weighted by atomic mass is 79.9. The standard InChI is InChI=1S/C16H8BrF2NO/c17-11-8-9-4-1-2-7-13(9)20-15(11)16(21)10-5-3-6-12(18)14(10)19/h1-8H. The number of hydrogen-bond donors (Lipinski definition) is 0. The Labute approximate surface area is 127 Å². The second-order valence-electron chi connectivity index (χ2n) is 4.44. The first-order valence-electron chi connectivity index (χ1n) is 6.12. The molecule has 2 nitrogen and oxygen atoms in total. The van der Waals surface area contributed by atoms with Gasteiger partial charge in [0, 0.05) is 9.86 Å². The van der Waals surface area contributed by atoms with Gasteiger partial charge in [-0.15, -0.1) is 0 Å². The van der Waals surface area contributed by atoms with Crippen molar-refractivity contribution in [2.24, 2.45) is 0 Å². The highest BCUT2D eigenvalue weighted by molar-refractivity contribution is 9.10. The van der Waals surface area contributed by atoms with E-state index in [1.165, 1.54) is 12.1 Å². The first-order chi connectivity index (χ1) is 10.1. The maximum absolute atomic E-state index is 13.7. The molecule has 0 saturated carbocycles. The molecule has 3 aromatic rings. The molecule has 0 N–H and O–H groups in total. The van der Waals surface area contributed by atoms with Crippen LogP contribution in [-0.2, 0) is 0 Å². The number of benzene rings is 2. The summed E-state index contributed by atoms with van der Waals surface area (Å²) < 4.78 is 27.4. The third-order valence-electron chi connectivity index (χ3n) is 3.09. The number of halogens is 3. The smallest absolute Gasteiger partial charge is 0.215 e. The van der Waals surface area contributed by atoms with Crippen LogP contribution in [0.15, 0.2) is 53.0 Å². The average molecular weight is 348 g/mol. The lowest BCUT2D eigenvalue weighted by molar-refractivity contribution is 0.102. The van der Waals surface area contributed by atoms with Gasteiger partial charge in [-0.05, 0) is 40.2 Å². The van der Waals surface area contributed by atoms with Gasteiger partial charge >= 0.3 is 0 Å². The number of carbonyl (C=O) groups excluding carboxylic acids is 1. The number of rotatable bonds is 2. The zero-order chi connectivity index (χ0) is 15.0. The van der Waals surface area contributed by atoms with E-state index in [0.29, 0.717) is 9.99 Å². The summed E-state index contributed by atoms with van der Waals surface area (Å²) in [6.45, 7) is 0. The van der Waals surface area contributed by atoms with Crippen LogP contribution in [0, 0.1) is 11.6 Å². The van der Waals surface area contributed by atoms with Gasteiger partial charge in [0.1, 0.15) is 5.69 Å². The van der Waals surface area contributed by atoms with Gasteiger partial charge in [0.2, 0.25) is 5.78 Å². The zero-order valence-electron chi connectivity index (χ0n) is 10.6. The van der Waals surface area contributed by atoms with Crippen molar-refractivity contribution in [2.75, 3.05) is 0 Å². The summed E-state index contributed by atoms with van der Waals surface area (Å²) in [7, 11) is 0. The number of carbonyl (C=O) groups is 1. The van der Waals surface area contributed by atoms with Crippen molar-refractivity contribution in [2.45, 2.75) is 0 Å². The van der Waals surface area contributed by atoms with Gasteiger partial charge in [-0.25, -0.2) is 13.8 Å². The molecule has 1 aromatic heterocycles. The number of pyridine rings is 1. The molecular formula is C16H8BrF2NO. The minimum atomic E-state index is -1.16. The third kappa shape index (κ3) is 2.45. The summed E-state index contributed by atoms with van der Waals surface area (Å²) in [5, 5.41) is 0.848. The minimum Gasteiger partial charge on any atom is -0.287 e. The lowest BCUT2D eigenvalue weighted by Gasteiger charge is -2.06. The quantitative estimate of drug-likeness (QED) is 0.638. The molecule has 0 saturated heterocycles. The summed E-state index contributed by atoms with van der Waals surface area (Å²) >= 11 is 3.26. The van der Waals surface area contributed by atoms with Gasteiger partial charge in [0.05, 0.1) is 11.1 Å². The van der Waals surface area contributed by atoms with Crippen molar-refractivity contribution in [3.63, 3.8) is 0 Å².